The molecule has 0 saturated carbocycles. The van der Waals surface area contributed by atoms with Gasteiger partial charge in [0.1, 0.15) is 0 Å². The van der Waals surface area contributed by atoms with Crippen molar-refractivity contribution >= 4 is 29.0 Å². The highest BCUT2D eigenvalue weighted by atomic mass is 35.5. The molecule has 0 aromatic heterocycles. The monoisotopic (exact) mass is 282 g/mol. The summed E-state index contributed by atoms with van der Waals surface area (Å²) < 4.78 is 0. The lowest BCUT2D eigenvalue weighted by Gasteiger charge is -2.09. The predicted molar refractivity (Wildman–Crippen MR) is 69.9 cm³/mol. The molecule has 0 unspecified atom stereocenters. The molecule has 7 nitrogen and oxygen atoms in total. The lowest BCUT2D eigenvalue weighted by molar-refractivity contribution is -0.384. The molecule has 2 amide bonds. The number of rotatable bonds is 4. The van der Waals surface area contributed by atoms with Crippen LogP contribution >= 0.6 is 11.6 Å². The van der Waals surface area contributed by atoms with Gasteiger partial charge in [-0.2, -0.15) is 5.26 Å². The molecule has 1 atom stereocenters. The van der Waals surface area contributed by atoms with Crippen LogP contribution in [0.4, 0.5) is 16.2 Å². The SMILES string of the molecule is C[C@H](C#N)CNC(=O)Nc1ccc([N+](=O)[O-])cc1Cl. The van der Waals surface area contributed by atoms with Crippen molar-refractivity contribution in [2.45, 2.75) is 6.92 Å². The van der Waals surface area contributed by atoms with Gasteiger partial charge in [-0.3, -0.25) is 10.1 Å². The Morgan fingerprint density at radius 2 is 2.32 bits per heavy atom. The molecule has 19 heavy (non-hydrogen) atoms. The number of carbonyl (C=O) groups excluding carboxylic acids is 1. The van der Waals surface area contributed by atoms with Crippen LogP contribution in [0.2, 0.25) is 5.02 Å². The first-order valence-corrected chi connectivity index (χ1v) is 5.70. The molecule has 0 spiro atoms. The normalized spacial score (nSPS) is 11.2. The molecule has 0 saturated heterocycles. The number of nitro benzene ring substituents is 1. The highest BCUT2D eigenvalue weighted by Crippen LogP contribution is 2.26. The number of amides is 2. The standard InChI is InChI=1S/C11H11ClN4O3/c1-7(5-13)6-14-11(17)15-10-3-2-8(16(18)19)4-9(10)12/h2-4,7H,6H2,1H3,(H2,14,15,17)/t7-/m1/s1. The predicted octanol–water partition coefficient (Wildman–Crippen LogP) is 2.53. The molecule has 0 radical (unpaired) electrons. The summed E-state index contributed by atoms with van der Waals surface area (Å²) in [5.74, 6) is -0.307. The Morgan fingerprint density at radius 1 is 1.63 bits per heavy atom. The van der Waals surface area contributed by atoms with Crippen molar-refractivity contribution in [1.29, 1.82) is 5.26 Å². The van der Waals surface area contributed by atoms with Gasteiger partial charge in [0.15, 0.2) is 0 Å². The van der Waals surface area contributed by atoms with Gasteiger partial charge >= 0.3 is 6.03 Å². The fourth-order valence-corrected chi connectivity index (χ4v) is 1.40. The van der Waals surface area contributed by atoms with Crippen molar-refractivity contribution < 1.29 is 9.72 Å². The van der Waals surface area contributed by atoms with Crippen LogP contribution in [0, 0.1) is 27.4 Å². The fourth-order valence-electron chi connectivity index (χ4n) is 1.18. The number of anilines is 1. The minimum absolute atomic E-state index is 0.0673. The Labute approximate surface area is 114 Å². The van der Waals surface area contributed by atoms with E-state index in [1.807, 2.05) is 6.07 Å². The number of nitrogens with one attached hydrogen (secondary N) is 2. The molecule has 0 heterocycles. The minimum atomic E-state index is -0.579. The maximum absolute atomic E-state index is 11.5. The van der Waals surface area contributed by atoms with Crippen LogP contribution in [0.15, 0.2) is 18.2 Å². The van der Waals surface area contributed by atoms with Crippen LogP contribution in [0.3, 0.4) is 0 Å². The van der Waals surface area contributed by atoms with Gasteiger partial charge in [-0.15, -0.1) is 0 Å². The number of benzene rings is 1. The van der Waals surface area contributed by atoms with E-state index >= 15 is 0 Å². The average Bonchev–Trinajstić information content (AvgIpc) is 2.38. The number of nitriles is 1. The summed E-state index contributed by atoms with van der Waals surface area (Å²) in [6, 6.07) is 5.17. The average molecular weight is 283 g/mol. The topological polar surface area (TPSA) is 108 Å². The Balaban J connectivity index is 2.65. The molecule has 0 bridgehead atoms. The summed E-state index contributed by atoms with van der Waals surface area (Å²) in [5.41, 5.74) is 0.100. The van der Waals surface area contributed by atoms with E-state index in [-0.39, 0.29) is 28.9 Å². The van der Waals surface area contributed by atoms with Crippen molar-refractivity contribution in [2.75, 3.05) is 11.9 Å². The zero-order chi connectivity index (χ0) is 14.4. The molecule has 0 aliphatic heterocycles. The molecule has 2 N–H and O–H groups in total. The number of urea groups is 1. The highest BCUT2D eigenvalue weighted by molar-refractivity contribution is 6.33. The van der Waals surface area contributed by atoms with E-state index < -0.39 is 11.0 Å². The number of nitro groups is 1. The molecular formula is C11H11ClN4O3. The van der Waals surface area contributed by atoms with Crippen molar-refractivity contribution in [3.63, 3.8) is 0 Å². The quantitative estimate of drug-likeness (QED) is 0.653. The Kier molecular flexibility index (Phi) is 5.09. The number of non-ortho nitro benzene ring substituents is 1. The van der Waals surface area contributed by atoms with Crippen LogP contribution < -0.4 is 10.6 Å². The Morgan fingerprint density at radius 3 is 2.84 bits per heavy atom. The smallest absolute Gasteiger partial charge is 0.319 e. The largest absolute Gasteiger partial charge is 0.337 e. The summed E-state index contributed by atoms with van der Waals surface area (Å²) in [5, 5.41) is 24.1. The molecule has 0 aliphatic carbocycles. The van der Waals surface area contributed by atoms with Gasteiger partial charge in [-0.1, -0.05) is 11.6 Å². The fraction of sp³-hybridized carbons (Fsp3) is 0.273. The van der Waals surface area contributed by atoms with E-state index in [0.717, 1.165) is 6.07 Å². The lowest BCUT2D eigenvalue weighted by Crippen LogP contribution is -2.32. The molecule has 1 aromatic carbocycles. The minimum Gasteiger partial charge on any atom is -0.337 e. The van der Waals surface area contributed by atoms with Crippen LogP contribution in [-0.2, 0) is 0 Å². The Bertz CT molecular complexity index is 541. The highest BCUT2D eigenvalue weighted by Gasteiger charge is 2.11. The number of halogens is 1. The molecule has 1 rings (SSSR count). The molecule has 1 aromatic rings. The molecule has 0 aliphatic rings. The van der Waals surface area contributed by atoms with Gasteiger partial charge in [-0.05, 0) is 13.0 Å². The van der Waals surface area contributed by atoms with Gasteiger partial charge in [0, 0.05) is 18.7 Å². The third-order valence-corrected chi connectivity index (χ3v) is 2.51. The van der Waals surface area contributed by atoms with E-state index in [1.54, 1.807) is 6.92 Å². The van der Waals surface area contributed by atoms with Crippen molar-refractivity contribution in [3.05, 3.63) is 33.3 Å². The molecule has 100 valence electrons. The van der Waals surface area contributed by atoms with E-state index in [0.29, 0.717) is 0 Å². The Hall–Kier alpha value is -2.33. The maximum atomic E-state index is 11.5. The third-order valence-electron chi connectivity index (χ3n) is 2.20. The third kappa shape index (κ3) is 4.44. The van der Waals surface area contributed by atoms with Gasteiger partial charge in [-0.25, -0.2) is 4.79 Å². The summed E-state index contributed by atoms with van der Waals surface area (Å²) >= 11 is 5.81. The molecular weight excluding hydrogens is 272 g/mol. The van der Waals surface area contributed by atoms with Gasteiger partial charge < -0.3 is 10.6 Å². The van der Waals surface area contributed by atoms with Crippen LogP contribution in [0.5, 0.6) is 0 Å². The number of nitrogens with zero attached hydrogens (tertiary/aromatic N) is 2. The van der Waals surface area contributed by atoms with Crippen LogP contribution in [0.1, 0.15) is 6.92 Å². The van der Waals surface area contributed by atoms with E-state index in [9.17, 15) is 14.9 Å². The number of hydrogen-bond acceptors (Lipinski definition) is 4. The second kappa shape index (κ2) is 6.56. The summed E-state index contributed by atoms with van der Waals surface area (Å²) in [6.07, 6.45) is 0. The maximum Gasteiger partial charge on any atom is 0.319 e. The van der Waals surface area contributed by atoms with Crippen molar-refractivity contribution in [1.82, 2.24) is 5.32 Å². The van der Waals surface area contributed by atoms with E-state index in [1.165, 1.54) is 12.1 Å². The summed E-state index contributed by atoms with van der Waals surface area (Å²) in [4.78, 5) is 21.4. The van der Waals surface area contributed by atoms with Crippen LogP contribution in [0.25, 0.3) is 0 Å². The van der Waals surface area contributed by atoms with Crippen molar-refractivity contribution in [2.24, 2.45) is 5.92 Å². The number of carbonyl (C=O) groups is 1. The first-order valence-electron chi connectivity index (χ1n) is 5.32. The van der Waals surface area contributed by atoms with Crippen molar-refractivity contribution in [3.8, 4) is 6.07 Å². The number of hydrogen-bond donors (Lipinski definition) is 2. The zero-order valence-corrected chi connectivity index (χ0v) is 10.8. The van der Waals surface area contributed by atoms with E-state index in [4.69, 9.17) is 16.9 Å². The van der Waals surface area contributed by atoms with Gasteiger partial charge in [0.25, 0.3) is 5.69 Å². The molecule has 8 heteroatoms. The van der Waals surface area contributed by atoms with Crippen LogP contribution in [-0.4, -0.2) is 17.5 Å². The first-order chi connectivity index (χ1) is 8.93. The van der Waals surface area contributed by atoms with Gasteiger partial charge in [0.05, 0.1) is 27.6 Å². The second-order valence-electron chi connectivity index (χ2n) is 3.79. The van der Waals surface area contributed by atoms with Gasteiger partial charge in [0.2, 0.25) is 0 Å². The molecule has 0 fully saturated rings. The summed E-state index contributed by atoms with van der Waals surface area (Å²) in [6.45, 7) is 1.87. The van der Waals surface area contributed by atoms with E-state index in [2.05, 4.69) is 10.6 Å². The first kappa shape index (κ1) is 14.7. The lowest BCUT2D eigenvalue weighted by atomic mass is 10.2. The second-order valence-corrected chi connectivity index (χ2v) is 4.19. The zero-order valence-electron chi connectivity index (χ0n) is 10.0. The summed E-state index contributed by atoms with van der Waals surface area (Å²) in [7, 11) is 0.